The van der Waals surface area contributed by atoms with E-state index >= 15 is 0 Å². The molecule has 0 heterocycles. The Morgan fingerprint density at radius 2 is 2.05 bits per heavy atom. The molecule has 0 saturated heterocycles. The van der Waals surface area contributed by atoms with Crippen molar-refractivity contribution in [2.75, 3.05) is 13.1 Å². The fraction of sp³-hybridized carbons (Fsp3) is 0.375. The van der Waals surface area contributed by atoms with E-state index < -0.39 is 0 Å². The number of nitrogens with zero attached hydrogens (tertiary/aromatic N) is 1. The Balaban J connectivity index is 2.28. The molecule has 0 fully saturated rings. The molecule has 4 nitrogen and oxygen atoms in total. The Kier molecular flexibility index (Phi) is 7.59. The second-order valence-corrected chi connectivity index (χ2v) is 4.47. The van der Waals surface area contributed by atoms with Gasteiger partial charge < -0.3 is 10.6 Å². The van der Waals surface area contributed by atoms with Crippen LogP contribution >= 0.6 is 0 Å². The van der Waals surface area contributed by atoms with Gasteiger partial charge in [0.25, 0.3) is 5.91 Å². The Labute approximate surface area is 120 Å². The highest BCUT2D eigenvalue weighted by atomic mass is 16.1. The van der Waals surface area contributed by atoms with Crippen molar-refractivity contribution in [3.05, 3.63) is 47.7 Å². The van der Waals surface area contributed by atoms with Crippen LogP contribution in [0.15, 0.2) is 42.1 Å². The summed E-state index contributed by atoms with van der Waals surface area (Å²) in [6.07, 6.45) is 4.28. The summed E-state index contributed by atoms with van der Waals surface area (Å²) in [6.45, 7) is 3.30. The van der Waals surface area contributed by atoms with E-state index in [4.69, 9.17) is 5.26 Å². The maximum Gasteiger partial charge on any atom is 0.263 e. The SMILES string of the molecule is CCCNC(=O)/C(C#N)=C\NCCCc1ccccc1. The van der Waals surface area contributed by atoms with E-state index in [-0.39, 0.29) is 11.5 Å². The minimum atomic E-state index is -0.315. The van der Waals surface area contributed by atoms with Crippen molar-refractivity contribution in [1.82, 2.24) is 10.6 Å². The molecule has 0 aliphatic carbocycles. The van der Waals surface area contributed by atoms with Crippen LogP contribution in [-0.2, 0) is 11.2 Å². The maximum atomic E-state index is 11.6. The molecular weight excluding hydrogens is 250 g/mol. The van der Waals surface area contributed by atoms with Gasteiger partial charge in [-0.15, -0.1) is 0 Å². The van der Waals surface area contributed by atoms with Crippen molar-refractivity contribution in [2.24, 2.45) is 0 Å². The highest BCUT2D eigenvalue weighted by molar-refractivity contribution is 5.97. The number of rotatable bonds is 8. The van der Waals surface area contributed by atoms with Crippen molar-refractivity contribution >= 4 is 5.91 Å². The van der Waals surface area contributed by atoms with Crippen molar-refractivity contribution in [1.29, 1.82) is 5.26 Å². The zero-order valence-corrected chi connectivity index (χ0v) is 11.9. The molecule has 1 amide bonds. The molecule has 0 aliphatic heterocycles. The lowest BCUT2D eigenvalue weighted by atomic mass is 10.1. The minimum absolute atomic E-state index is 0.123. The molecule has 1 rings (SSSR count). The van der Waals surface area contributed by atoms with E-state index in [1.807, 2.05) is 31.2 Å². The number of amides is 1. The molecule has 106 valence electrons. The smallest absolute Gasteiger partial charge is 0.263 e. The second kappa shape index (κ2) is 9.62. The molecule has 0 spiro atoms. The summed E-state index contributed by atoms with van der Waals surface area (Å²) in [7, 11) is 0. The van der Waals surface area contributed by atoms with Gasteiger partial charge in [-0.1, -0.05) is 37.3 Å². The maximum absolute atomic E-state index is 11.6. The molecule has 0 radical (unpaired) electrons. The molecule has 0 saturated carbocycles. The zero-order valence-electron chi connectivity index (χ0n) is 11.9. The van der Waals surface area contributed by atoms with Crippen LogP contribution in [-0.4, -0.2) is 19.0 Å². The summed E-state index contributed by atoms with van der Waals surface area (Å²) in [5.74, 6) is -0.315. The first kappa shape index (κ1) is 15.8. The number of nitrogens with one attached hydrogen (secondary N) is 2. The molecule has 20 heavy (non-hydrogen) atoms. The minimum Gasteiger partial charge on any atom is -0.390 e. The Morgan fingerprint density at radius 1 is 1.30 bits per heavy atom. The van der Waals surface area contributed by atoms with Crippen LogP contribution in [0.25, 0.3) is 0 Å². The third-order valence-corrected chi connectivity index (χ3v) is 2.78. The first-order valence-electron chi connectivity index (χ1n) is 6.93. The van der Waals surface area contributed by atoms with Gasteiger partial charge in [-0.25, -0.2) is 0 Å². The van der Waals surface area contributed by atoms with Crippen molar-refractivity contribution in [3.63, 3.8) is 0 Å². The van der Waals surface area contributed by atoms with Gasteiger partial charge >= 0.3 is 0 Å². The van der Waals surface area contributed by atoms with E-state index in [1.54, 1.807) is 0 Å². The van der Waals surface area contributed by atoms with Gasteiger partial charge in [0, 0.05) is 19.3 Å². The summed E-state index contributed by atoms with van der Waals surface area (Å²) in [5.41, 5.74) is 1.41. The third kappa shape index (κ3) is 6.05. The summed E-state index contributed by atoms with van der Waals surface area (Å²) < 4.78 is 0. The van der Waals surface area contributed by atoms with Crippen LogP contribution in [0.5, 0.6) is 0 Å². The van der Waals surface area contributed by atoms with E-state index in [9.17, 15) is 4.79 Å². The quantitative estimate of drug-likeness (QED) is 0.432. The molecule has 0 atom stereocenters. The number of hydrogen-bond donors (Lipinski definition) is 2. The van der Waals surface area contributed by atoms with Crippen LogP contribution in [0.3, 0.4) is 0 Å². The van der Waals surface area contributed by atoms with Crippen LogP contribution in [0.4, 0.5) is 0 Å². The van der Waals surface area contributed by atoms with E-state index in [0.29, 0.717) is 6.54 Å². The van der Waals surface area contributed by atoms with Gasteiger partial charge in [0.2, 0.25) is 0 Å². The summed E-state index contributed by atoms with van der Waals surface area (Å²) >= 11 is 0. The third-order valence-electron chi connectivity index (χ3n) is 2.78. The lowest BCUT2D eigenvalue weighted by molar-refractivity contribution is -0.117. The largest absolute Gasteiger partial charge is 0.390 e. The first-order valence-corrected chi connectivity index (χ1v) is 6.93. The molecule has 1 aromatic carbocycles. The highest BCUT2D eigenvalue weighted by Gasteiger charge is 2.06. The van der Waals surface area contributed by atoms with Crippen molar-refractivity contribution in [2.45, 2.75) is 26.2 Å². The Hall–Kier alpha value is -2.28. The van der Waals surface area contributed by atoms with E-state index in [1.165, 1.54) is 11.8 Å². The number of benzene rings is 1. The molecule has 0 aliphatic rings. The van der Waals surface area contributed by atoms with Crippen molar-refractivity contribution in [3.8, 4) is 6.07 Å². The molecule has 2 N–H and O–H groups in total. The summed E-state index contributed by atoms with van der Waals surface area (Å²) in [4.78, 5) is 11.6. The average Bonchev–Trinajstić information content (AvgIpc) is 2.49. The van der Waals surface area contributed by atoms with Gasteiger partial charge in [0.05, 0.1) is 0 Å². The van der Waals surface area contributed by atoms with Gasteiger partial charge in [0.15, 0.2) is 0 Å². The predicted octanol–water partition coefficient (Wildman–Crippen LogP) is 2.14. The number of hydrogen-bond acceptors (Lipinski definition) is 3. The Bertz CT molecular complexity index is 474. The lowest BCUT2D eigenvalue weighted by Gasteiger charge is -2.04. The van der Waals surface area contributed by atoms with Crippen molar-refractivity contribution < 1.29 is 4.79 Å². The Morgan fingerprint density at radius 3 is 2.70 bits per heavy atom. The monoisotopic (exact) mass is 271 g/mol. The van der Waals surface area contributed by atoms with Gasteiger partial charge in [-0.3, -0.25) is 4.79 Å². The number of carbonyl (C=O) groups excluding carboxylic acids is 1. The average molecular weight is 271 g/mol. The topological polar surface area (TPSA) is 64.9 Å². The van der Waals surface area contributed by atoms with Gasteiger partial charge in [-0.2, -0.15) is 5.26 Å². The molecule has 0 aromatic heterocycles. The molecule has 4 heteroatoms. The molecule has 1 aromatic rings. The molecular formula is C16H21N3O. The van der Waals surface area contributed by atoms with Crippen LogP contribution < -0.4 is 10.6 Å². The second-order valence-electron chi connectivity index (χ2n) is 4.47. The van der Waals surface area contributed by atoms with Crippen LogP contribution in [0.2, 0.25) is 0 Å². The fourth-order valence-corrected chi connectivity index (χ4v) is 1.70. The highest BCUT2D eigenvalue weighted by Crippen LogP contribution is 2.01. The van der Waals surface area contributed by atoms with Crippen LogP contribution in [0.1, 0.15) is 25.3 Å². The van der Waals surface area contributed by atoms with E-state index in [0.717, 1.165) is 25.8 Å². The van der Waals surface area contributed by atoms with Gasteiger partial charge in [-0.05, 0) is 24.8 Å². The van der Waals surface area contributed by atoms with Crippen LogP contribution in [0, 0.1) is 11.3 Å². The number of aryl methyl sites for hydroxylation is 1. The normalized spacial score (nSPS) is 10.7. The summed E-state index contributed by atoms with van der Waals surface area (Å²) in [5, 5.41) is 14.6. The number of nitriles is 1. The summed E-state index contributed by atoms with van der Waals surface area (Å²) in [6, 6.07) is 12.1. The van der Waals surface area contributed by atoms with E-state index in [2.05, 4.69) is 22.8 Å². The van der Waals surface area contributed by atoms with Gasteiger partial charge in [0.1, 0.15) is 11.6 Å². The lowest BCUT2D eigenvalue weighted by Crippen LogP contribution is -2.26. The fourth-order valence-electron chi connectivity index (χ4n) is 1.70. The number of carbonyl (C=O) groups is 1. The zero-order chi connectivity index (χ0) is 14.6. The standard InChI is InChI=1S/C16H21N3O/c1-2-10-19-16(20)15(12-17)13-18-11-6-9-14-7-4-3-5-8-14/h3-5,7-8,13,18H,2,6,9-11H2,1H3,(H,19,20)/b15-13-. The molecule has 0 bridgehead atoms. The predicted molar refractivity (Wildman–Crippen MR) is 79.8 cm³/mol. The first-order chi connectivity index (χ1) is 9.77. The molecule has 0 unspecified atom stereocenters.